The van der Waals surface area contributed by atoms with Crippen LogP contribution in [-0.2, 0) is 22.7 Å². The first-order valence-corrected chi connectivity index (χ1v) is 11.2. The molecular formula is C21H21F3N4O4S. The largest absolute Gasteiger partial charge is 0.468 e. The van der Waals surface area contributed by atoms with Gasteiger partial charge in [0.1, 0.15) is 11.6 Å². The minimum absolute atomic E-state index is 0.0140. The number of amides is 1. The third-order valence-electron chi connectivity index (χ3n) is 4.60. The van der Waals surface area contributed by atoms with Crippen molar-refractivity contribution in [3.05, 3.63) is 77.4 Å². The Morgan fingerprint density at radius 2 is 1.91 bits per heavy atom. The highest BCUT2D eigenvalue weighted by Gasteiger charge is 2.33. The fourth-order valence-corrected chi connectivity index (χ4v) is 3.92. The summed E-state index contributed by atoms with van der Waals surface area (Å²) in [6.45, 7) is 1.56. The fraction of sp³-hybridized carbons (Fsp3) is 0.238. The summed E-state index contributed by atoms with van der Waals surface area (Å²) in [5.41, 5.74) is -0.244. The SMILES string of the molecule is Cc1ccc(S(=O)(=O)NCc2ccco2)cc1C(=O)NCCNc1ncccc1C(F)(F)F. The van der Waals surface area contributed by atoms with E-state index in [1.807, 2.05) is 0 Å². The van der Waals surface area contributed by atoms with Crippen molar-refractivity contribution < 1.29 is 30.8 Å². The summed E-state index contributed by atoms with van der Waals surface area (Å²) in [6, 6.07) is 9.45. The summed E-state index contributed by atoms with van der Waals surface area (Å²) in [4.78, 5) is 16.1. The number of carbonyl (C=O) groups excluding carboxylic acids is 1. The Bertz CT molecular complexity index is 1210. The quantitative estimate of drug-likeness (QED) is 0.403. The van der Waals surface area contributed by atoms with E-state index < -0.39 is 27.7 Å². The van der Waals surface area contributed by atoms with Gasteiger partial charge in [-0.3, -0.25) is 4.79 Å². The number of furan rings is 1. The summed E-state index contributed by atoms with van der Waals surface area (Å²) in [5.74, 6) is -0.474. The molecular weight excluding hydrogens is 461 g/mol. The molecule has 1 amide bonds. The molecule has 0 bridgehead atoms. The van der Waals surface area contributed by atoms with E-state index in [1.54, 1.807) is 19.1 Å². The fourth-order valence-electron chi connectivity index (χ4n) is 2.90. The number of nitrogens with one attached hydrogen (secondary N) is 3. The van der Waals surface area contributed by atoms with Crippen molar-refractivity contribution in [2.24, 2.45) is 0 Å². The summed E-state index contributed by atoms with van der Waals surface area (Å²) in [6.07, 6.45) is -1.91. The minimum Gasteiger partial charge on any atom is -0.468 e. The molecule has 0 spiro atoms. The Kier molecular flexibility index (Phi) is 7.39. The number of pyridine rings is 1. The molecule has 2 heterocycles. The van der Waals surface area contributed by atoms with E-state index in [9.17, 15) is 26.4 Å². The van der Waals surface area contributed by atoms with Crippen LogP contribution in [0.25, 0.3) is 0 Å². The van der Waals surface area contributed by atoms with E-state index >= 15 is 0 Å². The number of nitrogens with zero attached hydrogens (tertiary/aromatic N) is 1. The zero-order valence-electron chi connectivity index (χ0n) is 17.4. The summed E-state index contributed by atoms with van der Waals surface area (Å²) in [5, 5.41) is 5.11. The van der Waals surface area contributed by atoms with E-state index in [0.29, 0.717) is 11.3 Å². The number of alkyl halides is 3. The van der Waals surface area contributed by atoms with Crippen LogP contribution in [0.1, 0.15) is 27.2 Å². The predicted octanol–water partition coefficient (Wildman–Crippen LogP) is 3.32. The number of rotatable bonds is 9. The lowest BCUT2D eigenvalue weighted by molar-refractivity contribution is -0.137. The van der Waals surface area contributed by atoms with Crippen molar-refractivity contribution in [1.29, 1.82) is 0 Å². The Balaban J connectivity index is 1.61. The average Bonchev–Trinajstić information content (AvgIpc) is 3.29. The summed E-state index contributed by atoms with van der Waals surface area (Å²) < 4.78 is 71.6. The Hall–Kier alpha value is -3.38. The summed E-state index contributed by atoms with van der Waals surface area (Å²) in [7, 11) is -3.91. The smallest absolute Gasteiger partial charge is 0.419 e. The Morgan fingerprint density at radius 3 is 2.61 bits per heavy atom. The maximum atomic E-state index is 13.0. The molecule has 0 saturated heterocycles. The van der Waals surface area contributed by atoms with Gasteiger partial charge in [0.15, 0.2) is 0 Å². The van der Waals surface area contributed by atoms with Gasteiger partial charge < -0.3 is 15.1 Å². The average molecular weight is 482 g/mol. The number of hydrogen-bond acceptors (Lipinski definition) is 6. The number of sulfonamides is 1. The molecule has 176 valence electrons. The zero-order chi connectivity index (χ0) is 24.1. The van der Waals surface area contributed by atoms with Crippen molar-refractivity contribution in [3.8, 4) is 0 Å². The molecule has 33 heavy (non-hydrogen) atoms. The van der Waals surface area contributed by atoms with Crippen molar-refractivity contribution in [2.75, 3.05) is 18.4 Å². The number of aryl methyl sites for hydroxylation is 1. The van der Waals surface area contributed by atoms with Crippen molar-refractivity contribution in [2.45, 2.75) is 24.5 Å². The number of anilines is 1. The molecule has 0 radical (unpaired) electrons. The topological polar surface area (TPSA) is 113 Å². The van der Waals surface area contributed by atoms with Gasteiger partial charge in [-0.15, -0.1) is 0 Å². The highest BCUT2D eigenvalue weighted by atomic mass is 32.2. The van der Waals surface area contributed by atoms with Crippen LogP contribution in [0, 0.1) is 6.92 Å². The van der Waals surface area contributed by atoms with E-state index in [0.717, 1.165) is 6.07 Å². The highest BCUT2D eigenvalue weighted by Crippen LogP contribution is 2.33. The van der Waals surface area contributed by atoms with E-state index in [1.165, 1.54) is 36.7 Å². The van der Waals surface area contributed by atoms with Crippen LogP contribution < -0.4 is 15.4 Å². The molecule has 0 unspecified atom stereocenters. The van der Waals surface area contributed by atoms with Crippen molar-refractivity contribution in [1.82, 2.24) is 15.0 Å². The summed E-state index contributed by atoms with van der Waals surface area (Å²) >= 11 is 0. The first-order chi connectivity index (χ1) is 15.6. The van der Waals surface area contributed by atoms with Gasteiger partial charge in [0.2, 0.25) is 10.0 Å². The van der Waals surface area contributed by atoms with Crippen LogP contribution in [0.4, 0.5) is 19.0 Å². The second kappa shape index (κ2) is 10.0. The van der Waals surface area contributed by atoms with E-state index in [-0.39, 0.29) is 35.9 Å². The van der Waals surface area contributed by atoms with Gasteiger partial charge in [0.25, 0.3) is 5.91 Å². The third-order valence-corrected chi connectivity index (χ3v) is 6.00. The molecule has 3 aromatic rings. The zero-order valence-corrected chi connectivity index (χ0v) is 18.3. The molecule has 0 aliphatic rings. The third kappa shape index (κ3) is 6.33. The number of benzene rings is 1. The minimum atomic E-state index is -4.56. The number of carbonyl (C=O) groups is 1. The lowest BCUT2D eigenvalue weighted by Crippen LogP contribution is -2.30. The van der Waals surface area contributed by atoms with Crippen LogP contribution >= 0.6 is 0 Å². The van der Waals surface area contributed by atoms with Gasteiger partial charge in [-0.05, 0) is 48.9 Å². The van der Waals surface area contributed by atoms with Crippen LogP contribution in [0.5, 0.6) is 0 Å². The molecule has 2 aromatic heterocycles. The maximum absolute atomic E-state index is 13.0. The standard InChI is InChI=1S/C21H21F3N4O4S/c1-14-6-7-16(33(30,31)28-13-15-4-3-11-32-15)12-17(14)20(29)27-10-9-26-19-18(21(22,23)24)5-2-8-25-19/h2-8,11-12,28H,9-10,13H2,1H3,(H,25,26)(H,27,29). The molecule has 0 aliphatic carbocycles. The van der Waals surface area contributed by atoms with Gasteiger partial charge in [-0.1, -0.05) is 6.07 Å². The van der Waals surface area contributed by atoms with E-state index in [2.05, 4.69) is 20.3 Å². The second-order valence-electron chi connectivity index (χ2n) is 6.96. The van der Waals surface area contributed by atoms with Crippen molar-refractivity contribution >= 4 is 21.7 Å². The van der Waals surface area contributed by atoms with Crippen LogP contribution in [0.15, 0.2) is 64.2 Å². The first-order valence-electron chi connectivity index (χ1n) is 9.75. The molecule has 0 fully saturated rings. The van der Waals surface area contributed by atoms with Gasteiger partial charge >= 0.3 is 6.18 Å². The lowest BCUT2D eigenvalue weighted by Gasteiger charge is -2.14. The predicted molar refractivity (Wildman–Crippen MR) is 114 cm³/mol. The van der Waals surface area contributed by atoms with Crippen LogP contribution in [0.2, 0.25) is 0 Å². The second-order valence-corrected chi connectivity index (χ2v) is 8.73. The number of hydrogen-bond donors (Lipinski definition) is 3. The Labute approximate surface area is 188 Å². The van der Waals surface area contributed by atoms with Gasteiger partial charge in [0, 0.05) is 24.8 Å². The first kappa shape index (κ1) is 24.3. The molecule has 3 N–H and O–H groups in total. The molecule has 0 saturated carbocycles. The molecule has 0 aliphatic heterocycles. The maximum Gasteiger partial charge on any atom is 0.419 e. The molecule has 1 aromatic carbocycles. The van der Waals surface area contributed by atoms with Gasteiger partial charge in [-0.2, -0.15) is 13.2 Å². The van der Waals surface area contributed by atoms with E-state index in [4.69, 9.17) is 4.42 Å². The van der Waals surface area contributed by atoms with Crippen LogP contribution in [-0.4, -0.2) is 32.4 Å². The number of aromatic nitrogens is 1. The normalized spacial score (nSPS) is 11.9. The highest BCUT2D eigenvalue weighted by molar-refractivity contribution is 7.89. The van der Waals surface area contributed by atoms with Gasteiger partial charge in [0.05, 0.1) is 23.3 Å². The molecule has 3 rings (SSSR count). The number of halogens is 3. The van der Waals surface area contributed by atoms with Gasteiger partial charge in [-0.25, -0.2) is 18.1 Å². The molecule has 0 atom stereocenters. The monoisotopic (exact) mass is 482 g/mol. The lowest BCUT2D eigenvalue weighted by atomic mass is 10.1. The van der Waals surface area contributed by atoms with Crippen LogP contribution in [0.3, 0.4) is 0 Å². The van der Waals surface area contributed by atoms with Crippen molar-refractivity contribution in [3.63, 3.8) is 0 Å². The Morgan fingerprint density at radius 1 is 1.12 bits per heavy atom. The molecule has 8 nitrogen and oxygen atoms in total. The molecule has 12 heteroatoms.